The van der Waals surface area contributed by atoms with E-state index in [-0.39, 0.29) is 22.2 Å². The minimum absolute atomic E-state index is 0.0650. The summed E-state index contributed by atoms with van der Waals surface area (Å²) in [5.74, 6) is -1.53. The van der Waals surface area contributed by atoms with Gasteiger partial charge in [-0.15, -0.1) is 34.9 Å². The number of carboxylic acid groups (broad SMARTS) is 1. The van der Waals surface area contributed by atoms with E-state index in [1.807, 2.05) is 0 Å². The van der Waals surface area contributed by atoms with E-state index < -0.39 is 29.2 Å². The van der Waals surface area contributed by atoms with Gasteiger partial charge in [0.2, 0.25) is 0 Å². The molecule has 2 aromatic heterocycles. The fourth-order valence-electron chi connectivity index (χ4n) is 3.23. The summed E-state index contributed by atoms with van der Waals surface area (Å²) in [5.41, 5.74) is 6.18. The maximum atomic E-state index is 12.7. The second-order valence-corrected chi connectivity index (χ2v) is 9.85. The van der Waals surface area contributed by atoms with E-state index >= 15 is 0 Å². The molecule has 0 unspecified atom stereocenters. The van der Waals surface area contributed by atoms with Crippen molar-refractivity contribution in [3.05, 3.63) is 39.6 Å². The van der Waals surface area contributed by atoms with Crippen molar-refractivity contribution in [3.8, 4) is 0 Å². The van der Waals surface area contributed by atoms with Crippen LogP contribution in [0.4, 0.5) is 5.13 Å². The van der Waals surface area contributed by atoms with E-state index in [0.29, 0.717) is 22.8 Å². The predicted molar refractivity (Wildman–Crippen MR) is 119 cm³/mol. The smallest absolute Gasteiger partial charge is 0.353 e. The van der Waals surface area contributed by atoms with Gasteiger partial charge in [0, 0.05) is 28.0 Å². The van der Waals surface area contributed by atoms with E-state index in [1.54, 1.807) is 12.4 Å². The largest absolute Gasteiger partial charge is 0.477 e. The van der Waals surface area contributed by atoms with Crippen LogP contribution in [0.25, 0.3) is 0 Å². The summed E-state index contributed by atoms with van der Waals surface area (Å²) in [6.45, 7) is 0. The fourth-order valence-corrected chi connectivity index (χ4v) is 6.41. The minimum Gasteiger partial charge on any atom is -0.477 e. The van der Waals surface area contributed by atoms with Crippen LogP contribution in [0.1, 0.15) is 11.3 Å². The van der Waals surface area contributed by atoms with Gasteiger partial charge in [0.25, 0.3) is 11.8 Å². The average Bonchev–Trinajstić information content (AvgIpc) is 3.44. The van der Waals surface area contributed by atoms with Gasteiger partial charge in [0.05, 0.1) is 6.20 Å². The number of H-pyrrole nitrogens is 1. The number of carbonyl (C=O) groups excluding carboxylic acids is 2. The van der Waals surface area contributed by atoms with E-state index in [4.69, 9.17) is 5.73 Å². The first-order valence-corrected chi connectivity index (χ1v) is 12.1. The molecule has 2 atom stereocenters. The number of nitrogens with two attached hydrogens (primary N) is 1. The van der Waals surface area contributed by atoms with E-state index in [0.717, 1.165) is 16.9 Å². The molecule has 1 saturated heterocycles. The van der Waals surface area contributed by atoms with Gasteiger partial charge in [-0.1, -0.05) is 5.16 Å². The first kappa shape index (κ1) is 22.2. The molecule has 0 aliphatic carbocycles. The topological polar surface area (TPSA) is 187 Å². The number of nitrogens with zero attached hydrogens (tertiary/aromatic N) is 4. The van der Waals surface area contributed by atoms with Crippen LogP contribution in [-0.4, -0.2) is 76.8 Å². The highest BCUT2D eigenvalue weighted by Crippen LogP contribution is 2.43. The van der Waals surface area contributed by atoms with Crippen molar-refractivity contribution in [2.45, 2.75) is 17.8 Å². The molecule has 6 N–H and O–H groups in total. The van der Waals surface area contributed by atoms with Gasteiger partial charge in [-0.05, 0) is 12.0 Å². The number of hydrogen-bond acceptors (Lipinski definition) is 11. The van der Waals surface area contributed by atoms with Crippen molar-refractivity contribution in [2.75, 3.05) is 17.2 Å². The molecule has 12 nitrogen and oxygen atoms in total. The van der Waals surface area contributed by atoms with Gasteiger partial charge in [-0.3, -0.25) is 19.6 Å². The van der Waals surface area contributed by atoms with Crippen LogP contribution in [0.3, 0.4) is 0 Å². The van der Waals surface area contributed by atoms with Gasteiger partial charge in [-0.2, -0.15) is 5.10 Å². The van der Waals surface area contributed by atoms with Gasteiger partial charge in [-0.25, -0.2) is 9.78 Å². The molecular formula is C17H17N7O5S3. The molecule has 4 heterocycles. The number of aliphatic carboxylic acids is 1. The number of amides is 2. The van der Waals surface area contributed by atoms with Crippen LogP contribution in [0.15, 0.2) is 33.5 Å². The Morgan fingerprint density at radius 2 is 2.28 bits per heavy atom. The number of carbonyl (C=O) groups is 3. The summed E-state index contributed by atoms with van der Waals surface area (Å²) in [6.07, 6.45) is 4.17. The molecule has 0 radical (unpaired) electrons. The fraction of sp³-hybridized carbons (Fsp3) is 0.294. The number of rotatable bonds is 8. The molecular weight excluding hydrogens is 478 g/mol. The van der Waals surface area contributed by atoms with Crippen LogP contribution in [-0.2, 0) is 20.8 Å². The SMILES string of the molecule is Nc1nc(/C(=N/O)C(=O)N[C@@H]2C(=O)N3C(C(=O)O)=C(SCCc4cn[nH]c4)CS[C@@H]23)cs1. The zero-order chi connectivity index (χ0) is 22.8. The lowest BCUT2D eigenvalue weighted by Gasteiger charge is -2.49. The number of hydrogen-bond donors (Lipinski definition) is 5. The number of nitrogens with one attached hydrogen (secondary N) is 2. The van der Waals surface area contributed by atoms with Crippen LogP contribution < -0.4 is 11.1 Å². The number of aromatic amines is 1. The Morgan fingerprint density at radius 3 is 2.91 bits per heavy atom. The molecule has 4 rings (SSSR count). The number of thiazole rings is 1. The summed E-state index contributed by atoms with van der Waals surface area (Å²) in [6, 6.07) is -0.952. The number of thioether (sulfide) groups is 2. The van der Waals surface area contributed by atoms with Gasteiger partial charge >= 0.3 is 5.97 Å². The van der Waals surface area contributed by atoms with Crippen molar-refractivity contribution in [2.24, 2.45) is 5.16 Å². The highest BCUT2D eigenvalue weighted by Gasteiger charge is 2.54. The number of carboxylic acids is 1. The van der Waals surface area contributed by atoms with E-state index in [1.165, 1.54) is 33.8 Å². The lowest BCUT2D eigenvalue weighted by atomic mass is 10.0. The summed E-state index contributed by atoms with van der Waals surface area (Å²) < 4.78 is 0. The van der Waals surface area contributed by atoms with Crippen molar-refractivity contribution < 1.29 is 24.7 Å². The standard InChI is InChI=1S/C17H17N7O5S3/c18-17-21-8(5-32-17)10(23-29)13(25)22-11-14(26)24-12(16(27)28)9(6-31-15(11)24)30-2-1-7-3-19-20-4-7/h3-5,11,15,29H,1-2,6H2,(H2,18,21)(H,19,20)(H,22,25)(H,27,28)/b23-10-/t11-,15+/m1/s1. The first-order chi connectivity index (χ1) is 15.4. The predicted octanol–water partition coefficient (Wildman–Crippen LogP) is 0.299. The van der Waals surface area contributed by atoms with Gasteiger partial charge < -0.3 is 21.4 Å². The molecule has 168 valence electrons. The third-order valence-corrected chi connectivity index (χ3v) is 7.95. The van der Waals surface area contributed by atoms with Crippen LogP contribution in [0, 0.1) is 0 Å². The Hall–Kier alpha value is -3.04. The summed E-state index contributed by atoms with van der Waals surface area (Å²) in [5, 5.41) is 32.1. The molecule has 0 spiro atoms. The second kappa shape index (κ2) is 9.22. The maximum Gasteiger partial charge on any atom is 0.353 e. The Bertz CT molecular complexity index is 1110. The number of aromatic nitrogens is 3. The molecule has 2 aromatic rings. The Balaban J connectivity index is 1.44. The quantitative estimate of drug-likeness (QED) is 0.147. The number of fused-ring (bicyclic) bond motifs is 1. The third kappa shape index (κ3) is 4.18. The highest BCUT2D eigenvalue weighted by atomic mass is 32.2. The maximum absolute atomic E-state index is 12.7. The molecule has 0 bridgehead atoms. The van der Waals surface area contributed by atoms with E-state index in [9.17, 15) is 24.7 Å². The molecule has 15 heteroatoms. The molecule has 2 aliphatic rings. The van der Waals surface area contributed by atoms with Crippen LogP contribution in [0.2, 0.25) is 0 Å². The number of nitrogen functional groups attached to an aromatic ring is 1. The summed E-state index contributed by atoms with van der Waals surface area (Å²) in [4.78, 5) is 42.9. The van der Waals surface area contributed by atoms with Crippen LogP contribution >= 0.6 is 34.9 Å². The number of β-lactam (4-membered cyclic amide) rings is 1. The Kier molecular flexibility index (Phi) is 6.38. The highest BCUT2D eigenvalue weighted by molar-refractivity contribution is 8.06. The summed E-state index contributed by atoms with van der Waals surface area (Å²) in [7, 11) is 0. The van der Waals surface area contributed by atoms with Crippen molar-refractivity contribution in [3.63, 3.8) is 0 Å². The van der Waals surface area contributed by atoms with Gasteiger partial charge in [0.1, 0.15) is 22.8 Å². The lowest BCUT2D eigenvalue weighted by molar-refractivity contribution is -0.150. The van der Waals surface area contributed by atoms with Crippen molar-refractivity contribution >= 4 is 63.5 Å². The van der Waals surface area contributed by atoms with E-state index in [2.05, 4.69) is 25.7 Å². The molecule has 1 fully saturated rings. The van der Waals surface area contributed by atoms with Gasteiger partial charge in [0.15, 0.2) is 10.8 Å². The lowest BCUT2D eigenvalue weighted by Crippen LogP contribution is -2.71. The Morgan fingerprint density at radius 1 is 1.47 bits per heavy atom. The van der Waals surface area contributed by atoms with Crippen molar-refractivity contribution in [1.82, 2.24) is 25.4 Å². The molecule has 2 amide bonds. The number of aryl methyl sites for hydroxylation is 1. The average molecular weight is 496 g/mol. The molecule has 0 aromatic carbocycles. The normalized spacial score (nSPS) is 20.7. The number of oxime groups is 1. The Labute approximate surface area is 193 Å². The zero-order valence-electron chi connectivity index (χ0n) is 16.2. The second-order valence-electron chi connectivity index (χ2n) is 6.66. The summed E-state index contributed by atoms with van der Waals surface area (Å²) >= 11 is 3.81. The van der Waals surface area contributed by atoms with Crippen molar-refractivity contribution in [1.29, 1.82) is 0 Å². The molecule has 0 saturated carbocycles. The minimum atomic E-state index is -1.20. The molecule has 2 aliphatic heterocycles. The zero-order valence-corrected chi connectivity index (χ0v) is 18.7. The monoisotopic (exact) mass is 495 g/mol. The molecule has 32 heavy (non-hydrogen) atoms. The third-order valence-electron chi connectivity index (χ3n) is 4.72. The first-order valence-electron chi connectivity index (χ1n) is 9.16. The van der Waals surface area contributed by atoms with Crippen LogP contribution in [0.5, 0.6) is 0 Å². The number of anilines is 1.